The van der Waals surface area contributed by atoms with Crippen LogP contribution in [0.1, 0.15) is 0 Å². The van der Waals surface area contributed by atoms with E-state index in [-0.39, 0.29) is 78.7 Å². The van der Waals surface area contributed by atoms with Crippen LogP contribution in [0.15, 0.2) is 0 Å². The third-order valence-corrected chi connectivity index (χ3v) is 0. The Bertz CT molecular complexity index is 8.00. The van der Waals surface area contributed by atoms with Crippen LogP contribution >= 0.6 is 12.4 Å². The predicted molar refractivity (Wildman–Crippen MR) is 17.2 cm³/mol. The number of rotatable bonds is 0. The van der Waals surface area contributed by atoms with Gasteiger partial charge in [0.25, 0.3) is 0 Å². The summed E-state index contributed by atoms with van der Waals surface area (Å²) in [6.07, 6.45) is 0. The van der Waals surface area contributed by atoms with Crippen molar-refractivity contribution in [2.45, 2.75) is 0 Å². The van der Waals surface area contributed by atoms with Crippen LogP contribution in [0.2, 0.25) is 0 Å². The van der Waals surface area contributed by atoms with Crippen LogP contribution in [0.25, 0.3) is 0 Å². The van der Waals surface area contributed by atoms with Crippen LogP contribution in [0.3, 0.4) is 0 Å². The van der Waals surface area contributed by atoms with Crippen molar-refractivity contribution in [3.63, 3.8) is 0 Å². The second kappa shape index (κ2) is 18.8. The van der Waals surface area contributed by atoms with Gasteiger partial charge < -0.3 is 0 Å². The minimum atomic E-state index is 0. The second-order valence-electron chi connectivity index (χ2n) is 0. The van der Waals surface area contributed by atoms with Crippen molar-refractivity contribution in [1.82, 2.24) is 0 Å². The first-order valence-corrected chi connectivity index (χ1v) is 0. The summed E-state index contributed by atoms with van der Waals surface area (Å²) in [6.45, 7) is 0. The molecule has 0 saturated heterocycles. The van der Waals surface area contributed by atoms with Gasteiger partial charge in [-0.2, -0.15) is 0 Å². The molecule has 0 N–H and O–H groups in total. The zero-order valence-electron chi connectivity index (χ0n) is 1.26. The van der Waals surface area contributed by atoms with Crippen molar-refractivity contribution in [1.29, 1.82) is 0 Å². The topological polar surface area (TPSA) is 0 Å². The smallest absolute Gasteiger partial charge is 0.0814 e. The molecule has 0 radical (unpaired) electrons. The molecule has 0 aromatic carbocycles. The van der Waals surface area contributed by atoms with Crippen LogP contribution in [0.4, 0.5) is 0 Å². The summed E-state index contributed by atoms with van der Waals surface area (Å²) in [6, 6.07) is 0. The van der Waals surface area contributed by atoms with Crippen molar-refractivity contribution >= 4 is 20.8 Å². The summed E-state index contributed by atoms with van der Waals surface area (Å²) in [5.74, 6) is 0. The normalized spacial score (nSPS) is 0. The van der Waals surface area contributed by atoms with Crippen LogP contribution in [0.5, 0.6) is 0 Å². The van der Waals surface area contributed by atoms with Crippen molar-refractivity contribution in [3.05, 3.63) is 0 Å². The van der Waals surface area contributed by atoms with Gasteiger partial charge in [0.1, 0.15) is 0 Å². The van der Waals surface area contributed by atoms with Gasteiger partial charge in [-0.05, 0) is 0 Å². The number of hydrogen-bond donors (Lipinski definition) is 0. The Morgan fingerprint density at radius 1 is 1.00 bits per heavy atom. The first-order chi connectivity index (χ1) is 0. The fraction of sp³-hybridized carbons (Fsp3) is 0. The molecule has 0 heterocycles. The zero-order valence-corrected chi connectivity index (χ0v) is 6.39. The Hall–Kier alpha value is 2.23. The van der Waals surface area contributed by atoms with E-state index in [4.69, 9.17) is 0 Å². The molecule has 0 saturated carbocycles. The van der Waals surface area contributed by atoms with E-state index in [2.05, 4.69) is 0 Å². The molecule has 0 aliphatic rings. The van der Waals surface area contributed by atoms with Gasteiger partial charge in [-0.25, -0.2) is 0 Å². The molecule has 0 bridgehead atoms. The van der Waals surface area contributed by atoms with Gasteiger partial charge in [0, 0.05) is 57.9 Å². The van der Waals surface area contributed by atoms with E-state index in [1.807, 2.05) is 0 Å². The van der Waals surface area contributed by atoms with E-state index in [0.717, 1.165) is 0 Å². The van der Waals surface area contributed by atoms with Gasteiger partial charge in [-0.1, -0.05) is 0 Å². The molecule has 0 atom stereocenters. The molecule has 0 aliphatic carbocycles. The van der Waals surface area contributed by atoms with Crippen molar-refractivity contribution < 1.29 is 57.9 Å². The molecule has 0 aromatic heterocycles. The largest absolute Gasteiger partial charge is 0.147 e. The molecule has 0 fully saturated rings. The minimum Gasteiger partial charge on any atom is -0.147 e. The van der Waals surface area contributed by atoms with Crippen molar-refractivity contribution in [3.8, 4) is 0 Å². The number of hydrogen-bond acceptors (Lipinski definition) is 0. The van der Waals surface area contributed by atoms with E-state index < -0.39 is 0 Å². The molecule has 0 aliphatic heterocycles. The summed E-state index contributed by atoms with van der Waals surface area (Å²) in [5, 5.41) is 0. The maximum absolute atomic E-state index is 0. The van der Waals surface area contributed by atoms with Gasteiger partial charge in [0.2, 0.25) is 0 Å². The van der Waals surface area contributed by atoms with Gasteiger partial charge in [0.15, 0.2) is 0 Å². The Balaban J connectivity index is 0. The van der Waals surface area contributed by atoms with Gasteiger partial charge in [-0.3, -0.25) is 0 Å². The maximum Gasteiger partial charge on any atom is 0.0814 e. The Kier molecular flexibility index (Phi) is 162. The summed E-state index contributed by atoms with van der Waals surface area (Å²) < 4.78 is 0. The zero-order chi connectivity index (χ0) is 0. The van der Waals surface area contributed by atoms with E-state index in [0.29, 0.717) is 0 Å². The maximum atomic E-state index is 0. The fourth-order valence-electron chi connectivity index (χ4n) is 0. The summed E-state index contributed by atoms with van der Waals surface area (Å²) in [5.41, 5.74) is 0. The predicted octanol–water partition coefficient (Wildman–Crippen LogP) is -0.765. The van der Waals surface area contributed by atoms with Crippen molar-refractivity contribution in [2.24, 2.45) is 0 Å². The van der Waals surface area contributed by atoms with Gasteiger partial charge in [-0.15, -0.1) is 12.4 Å². The molecule has 0 aromatic rings. The standard InChI is InChI=1S/BH3.ClH.Fe.Nd/h1H3;1H;;. The second-order valence-corrected chi connectivity index (χ2v) is 0. The Morgan fingerprint density at radius 2 is 1.00 bits per heavy atom. The molecule has 4 heteroatoms. The Labute approximate surface area is 77.5 Å². The monoisotopic (exact) mass is 248 g/mol. The van der Waals surface area contributed by atoms with Crippen molar-refractivity contribution in [2.75, 3.05) is 0 Å². The summed E-state index contributed by atoms with van der Waals surface area (Å²) in [4.78, 5) is 0. The van der Waals surface area contributed by atoms with Crippen LogP contribution in [0, 0.1) is 40.8 Å². The molecule has 0 spiro atoms. The van der Waals surface area contributed by atoms with Gasteiger partial charge >= 0.3 is 0 Å². The van der Waals surface area contributed by atoms with Crippen LogP contribution in [-0.2, 0) is 17.1 Å². The minimum absolute atomic E-state index is 0. The first-order valence-electron chi connectivity index (χ1n) is 0. The molecular formula is H4BClFeNd. The number of halogens is 1. The Morgan fingerprint density at radius 3 is 1.00 bits per heavy atom. The molecule has 4 heavy (non-hydrogen) atoms. The van der Waals surface area contributed by atoms with Gasteiger partial charge in [0.05, 0.1) is 8.41 Å². The van der Waals surface area contributed by atoms with Crippen LogP contribution in [-0.4, -0.2) is 8.41 Å². The molecule has 26 valence electrons. The molecule has 0 unspecified atom stereocenters. The average Bonchev–Trinajstić information content (AvgIpc) is 0. The van der Waals surface area contributed by atoms with Crippen LogP contribution < -0.4 is 0 Å². The molecule has 0 amide bonds. The third-order valence-electron chi connectivity index (χ3n) is 0. The van der Waals surface area contributed by atoms with E-state index in [1.165, 1.54) is 0 Å². The molecule has 0 nitrogen and oxygen atoms in total. The van der Waals surface area contributed by atoms with E-state index >= 15 is 0 Å². The molecular weight excluding hydrogens is 246 g/mol. The quantitative estimate of drug-likeness (QED) is 0.496. The van der Waals surface area contributed by atoms with E-state index in [1.54, 1.807) is 0 Å². The van der Waals surface area contributed by atoms with E-state index in [9.17, 15) is 0 Å². The SMILES string of the molecule is B.Cl.[Fe].[Nd]. The molecule has 0 rings (SSSR count). The average molecular weight is 250 g/mol. The summed E-state index contributed by atoms with van der Waals surface area (Å²) >= 11 is 0. The third kappa shape index (κ3) is 8.88. The first kappa shape index (κ1) is 34.3. The fourth-order valence-corrected chi connectivity index (χ4v) is 0. The summed E-state index contributed by atoms with van der Waals surface area (Å²) in [7, 11) is 0.